The molecule has 1 aromatic heterocycles. The summed E-state index contributed by atoms with van der Waals surface area (Å²) in [6, 6.07) is 4.96. The van der Waals surface area contributed by atoms with Crippen LogP contribution in [0, 0.1) is 13.8 Å². The number of hydrogen-bond donors (Lipinski definition) is 1. The van der Waals surface area contributed by atoms with Crippen LogP contribution in [0.3, 0.4) is 0 Å². The summed E-state index contributed by atoms with van der Waals surface area (Å²) in [5, 5.41) is 6.73. The SMILES string of the molecule is CCN(CC)c1ccc(S(=O)(=O)N2CCCCC2)cc1NC(=O)c1c(C)noc1C. The van der Waals surface area contributed by atoms with E-state index in [9.17, 15) is 13.2 Å². The number of hydrogen-bond acceptors (Lipinski definition) is 6. The van der Waals surface area contributed by atoms with E-state index in [1.165, 1.54) is 4.31 Å². The number of nitrogens with zero attached hydrogens (tertiary/aromatic N) is 3. The Labute approximate surface area is 178 Å². The largest absolute Gasteiger partial charge is 0.370 e. The summed E-state index contributed by atoms with van der Waals surface area (Å²) >= 11 is 0. The number of sulfonamides is 1. The van der Waals surface area contributed by atoms with E-state index in [-0.39, 0.29) is 10.8 Å². The van der Waals surface area contributed by atoms with Crippen molar-refractivity contribution in [1.29, 1.82) is 0 Å². The Bertz CT molecular complexity index is 987. The zero-order valence-corrected chi connectivity index (χ0v) is 18.9. The van der Waals surface area contributed by atoms with Gasteiger partial charge in [-0.15, -0.1) is 0 Å². The van der Waals surface area contributed by atoms with Crippen molar-refractivity contribution in [1.82, 2.24) is 9.46 Å². The maximum Gasteiger partial charge on any atom is 0.261 e. The molecule has 0 spiro atoms. The second-order valence-corrected chi connectivity index (χ2v) is 9.41. The number of aromatic nitrogens is 1. The van der Waals surface area contributed by atoms with E-state index in [1.807, 2.05) is 13.8 Å². The molecule has 1 aliphatic heterocycles. The first-order valence-electron chi connectivity index (χ1n) is 10.4. The van der Waals surface area contributed by atoms with Crippen LogP contribution in [-0.4, -0.2) is 50.0 Å². The highest BCUT2D eigenvalue weighted by atomic mass is 32.2. The average molecular weight is 435 g/mol. The number of aryl methyl sites for hydroxylation is 2. The van der Waals surface area contributed by atoms with Gasteiger partial charge in [-0.2, -0.15) is 4.31 Å². The van der Waals surface area contributed by atoms with Crippen LogP contribution in [0.1, 0.15) is 54.9 Å². The van der Waals surface area contributed by atoms with Crippen LogP contribution < -0.4 is 10.2 Å². The van der Waals surface area contributed by atoms with Crippen LogP contribution in [0.2, 0.25) is 0 Å². The molecule has 0 bridgehead atoms. The van der Waals surface area contributed by atoms with Gasteiger partial charge < -0.3 is 14.7 Å². The second-order valence-electron chi connectivity index (χ2n) is 7.47. The molecule has 1 aromatic carbocycles. The first-order valence-corrected chi connectivity index (χ1v) is 11.9. The van der Waals surface area contributed by atoms with Gasteiger partial charge in [0.25, 0.3) is 5.91 Å². The molecule has 1 saturated heterocycles. The molecule has 1 amide bonds. The standard InChI is InChI=1S/C21H30N4O4S/c1-5-24(6-2)19-11-10-17(30(27,28)25-12-8-7-9-13-25)14-18(19)22-21(26)20-15(3)23-29-16(20)4/h10-11,14H,5-9,12-13H2,1-4H3,(H,22,26). The minimum Gasteiger partial charge on any atom is -0.370 e. The van der Waals surface area contributed by atoms with E-state index in [0.717, 1.165) is 38.0 Å². The normalized spacial score (nSPS) is 15.2. The van der Waals surface area contributed by atoms with Crippen molar-refractivity contribution in [3.05, 3.63) is 35.2 Å². The number of benzene rings is 1. The molecular formula is C21H30N4O4S. The number of rotatable bonds is 7. The molecule has 2 aromatic rings. The van der Waals surface area contributed by atoms with E-state index < -0.39 is 10.0 Å². The zero-order valence-electron chi connectivity index (χ0n) is 18.1. The molecule has 9 heteroatoms. The minimum atomic E-state index is -3.61. The maximum absolute atomic E-state index is 13.2. The first-order chi connectivity index (χ1) is 14.3. The summed E-state index contributed by atoms with van der Waals surface area (Å²) in [5.74, 6) is 0.0543. The maximum atomic E-state index is 13.2. The van der Waals surface area contributed by atoms with Gasteiger partial charge in [-0.3, -0.25) is 4.79 Å². The van der Waals surface area contributed by atoms with Gasteiger partial charge in [0.2, 0.25) is 10.0 Å². The fraction of sp³-hybridized carbons (Fsp3) is 0.524. The highest BCUT2D eigenvalue weighted by molar-refractivity contribution is 7.89. The molecule has 0 unspecified atom stereocenters. The molecule has 1 aliphatic rings. The summed E-state index contributed by atoms with van der Waals surface area (Å²) in [4.78, 5) is 15.2. The number of piperidine rings is 1. The van der Waals surface area contributed by atoms with Crippen molar-refractivity contribution in [3.8, 4) is 0 Å². The molecule has 1 fully saturated rings. The smallest absolute Gasteiger partial charge is 0.261 e. The molecule has 30 heavy (non-hydrogen) atoms. The van der Waals surface area contributed by atoms with Crippen molar-refractivity contribution >= 4 is 27.3 Å². The third-order valence-corrected chi connectivity index (χ3v) is 7.43. The Morgan fingerprint density at radius 2 is 1.83 bits per heavy atom. The van der Waals surface area contributed by atoms with Gasteiger partial charge >= 0.3 is 0 Å². The lowest BCUT2D eigenvalue weighted by molar-refractivity contribution is 0.102. The van der Waals surface area contributed by atoms with E-state index in [1.54, 1.807) is 32.0 Å². The molecule has 0 radical (unpaired) electrons. The van der Waals surface area contributed by atoms with Crippen LogP contribution >= 0.6 is 0 Å². The van der Waals surface area contributed by atoms with Crippen molar-refractivity contribution < 1.29 is 17.7 Å². The minimum absolute atomic E-state index is 0.189. The van der Waals surface area contributed by atoms with Gasteiger partial charge in [0, 0.05) is 26.2 Å². The number of carbonyl (C=O) groups excluding carboxylic acids is 1. The van der Waals surface area contributed by atoms with Gasteiger partial charge in [0.1, 0.15) is 11.3 Å². The molecule has 164 valence electrons. The second kappa shape index (κ2) is 9.18. The molecule has 0 atom stereocenters. The Kier molecular flexibility index (Phi) is 6.82. The number of anilines is 2. The van der Waals surface area contributed by atoms with Gasteiger partial charge in [-0.05, 0) is 58.7 Å². The molecule has 3 rings (SSSR count). The first kappa shape index (κ1) is 22.3. The van der Waals surface area contributed by atoms with E-state index in [2.05, 4.69) is 15.4 Å². The Balaban J connectivity index is 2.01. The van der Waals surface area contributed by atoms with Gasteiger partial charge in [-0.1, -0.05) is 11.6 Å². The summed E-state index contributed by atoms with van der Waals surface area (Å²) in [7, 11) is -3.61. The third-order valence-electron chi connectivity index (χ3n) is 5.53. The quantitative estimate of drug-likeness (QED) is 0.716. The van der Waals surface area contributed by atoms with Crippen molar-refractivity contribution in [3.63, 3.8) is 0 Å². The Hall–Kier alpha value is -2.39. The van der Waals surface area contributed by atoms with Gasteiger partial charge in [0.15, 0.2) is 0 Å². The molecule has 1 N–H and O–H groups in total. The van der Waals surface area contributed by atoms with E-state index in [0.29, 0.717) is 35.8 Å². The van der Waals surface area contributed by atoms with Crippen LogP contribution in [0.4, 0.5) is 11.4 Å². The lowest BCUT2D eigenvalue weighted by Crippen LogP contribution is -2.35. The molecule has 0 saturated carbocycles. The fourth-order valence-electron chi connectivity index (χ4n) is 3.86. The number of nitrogens with one attached hydrogen (secondary N) is 1. The Morgan fingerprint density at radius 1 is 1.17 bits per heavy atom. The van der Waals surface area contributed by atoms with Crippen LogP contribution in [-0.2, 0) is 10.0 Å². The Morgan fingerprint density at radius 3 is 2.40 bits per heavy atom. The lowest BCUT2D eigenvalue weighted by Gasteiger charge is -2.28. The van der Waals surface area contributed by atoms with Crippen LogP contribution in [0.5, 0.6) is 0 Å². The monoisotopic (exact) mass is 434 g/mol. The molecule has 8 nitrogen and oxygen atoms in total. The number of carbonyl (C=O) groups is 1. The summed E-state index contributed by atoms with van der Waals surface area (Å²) in [6.07, 6.45) is 2.78. The highest BCUT2D eigenvalue weighted by Gasteiger charge is 2.28. The van der Waals surface area contributed by atoms with Crippen molar-refractivity contribution in [2.24, 2.45) is 0 Å². The van der Waals surface area contributed by atoms with Crippen molar-refractivity contribution in [2.45, 2.75) is 51.9 Å². The molecular weight excluding hydrogens is 404 g/mol. The number of amides is 1. The predicted molar refractivity (Wildman–Crippen MR) is 117 cm³/mol. The zero-order chi connectivity index (χ0) is 21.9. The van der Waals surface area contributed by atoms with Crippen LogP contribution in [0.15, 0.2) is 27.6 Å². The van der Waals surface area contributed by atoms with Gasteiger partial charge in [0.05, 0.1) is 22.0 Å². The topological polar surface area (TPSA) is 95.8 Å². The lowest BCUT2D eigenvalue weighted by atomic mass is 10.1. The predicted octanol–water partition coefficient (Wildman–Crippen LogP) is 3.56. The van der Waals surface area contributed by atoms with Crippen molar-refractivity contribution in [2.75, 3.05) is 36.4 Å². The van der Waals surface area contributed by atoms with E-state index in [4.69, 9.17) is 4.52 Å². The molecule has 0 aliphatic carbocycles. The van der Waals surface area contributed by atoms with Crippen LogP contribution in [0.25, 0.3) is 0 Å². The highest BCUT2D eigenvalue weighted by Crippen LogP contribution is 2.32. The average Bonchev–Trinajstić information content (AvgIpc) is 3.08. The third kappa shape index (κ3) is 4.37. The van der Waals surface area contributed by atoms with E-state index >= 15 is 0 Å². The summed E-state index contributed by atoms with van der Waals surface area (Å²) in [5.41, 5.74) is 2.09. The van der Waals surface area contributed by atoms with Gasteiger partial charge in [-0.25, -0.2) is 8.42 Å². The summed E-state index contributed by atoms with van der Waals surface area (Å²) in [6.45, 7) is 9.92. The summed E-state index contributed by atoms with van der Waals surface area (Å²) < 4.78 is 33.0. The molecule has 2 heterocycles. The fourth-order valence-corrected chi connectivity index (χ4v) is 5.41.